The lowest BCUT2D eigenvalue weighted by molar-refractivity contribution is -0.190. The normalized spacial score (nSPS) is 22.5. The van der Waals surface area contributed by atoms with Gasteiger partial charge in [0.2, 0.25) is 5.88 Å². The fourth-order valence-electron chi connectivity index (χ4n) is 5.28. The quantitative estimate of drug-likeness (QED) is 0.198. The summed E-state index contributed by atoms with van der Waals surface area (Å²) in [6, 6.07) is 5.05. The van der Waals surface area contributed by atoms with Crippen LogP contribution in [-0.2, 0) is 0 Å². The number of carbonyl (C=O) groups is 1. The molecule has 1 saturated carbocycles. The van der Waals surface area contributed by atoms with Crippen LogP contribution in [0.3, 0.4) is 0 Å². The number of anilines is 1. The van der Waals surface area contributed by atoms with Crippen molar-refractivity contribution in [2.24, 2.45) is 11.3 Å². The number of nitrogens with zero attached hydrogens (tertiary/aromatic N) is 4. The third kappa shape index (κ3) is 6.54. The lowest BCUT2D eigenvalue weighted by Crippen LogP contribution is -2.46. The third-order valence-corrected chi connectivity index (χ3v) is 12.2. The summed E-state index contributed by atoms with van der Waals surface area (Å²) in [6.45, 7) is 12.6. The molecular formula is C30H40F3N5O2S2. The largest absolute Gasteiger partial charge is 0.477 e. The smallest absolute Gasteiger partial charge is 0.394 e. The minimum atomic E-state index is -4.21. The maximum atomic E-state index is 13.5. The standard InChI is InChI=1S/C30H40F3N5O2S2/c1-8-10-22(9-2)41-36-27(39)23-11-12-24(34-26(23)37-20-21(3)19-28(37,4)42(5,6)7)38-17-13-25(35-38)40-18-16-29(14-15-29)30(31,32)33/h8-13,17,21H,1-2,14-16,18-20H2,3-7H3,(H,36,39)/b22-10+. The van der Waals surface area contributed by atoms with Crippen molar-refractivity contribution in [2.45, 2.75) is 50.6 Å². The van der Waals surface area contributed by atoms with E-state index < -0.39 is 21.6 Å². The minimum Gasteiger partial charge on any atom is -0.477 e. The van der Waals surface area contributed by atoms with Crippen LogP contribution >= 0.6 is 22.0 Å². The van der Waals surface area contributed by atoms with E-state index in [0.29, 0.717) is 23.1 Å². The lowest BCUT2D eigenvalue weighted by atomic mass is 10.0. The molecule has 7 nitrogen and oxygen atoms in total. The van der Waals surface area contributed by atoms with E-state index in [9.17, 15) is 18.0 Å². The Morgan fingerprint density at radius 2 is 1.98 bits per heavy atom. The average Bonchev–Trinajstić information content (AvgIpc) is 3.46. The van der Waals surface area contributed by atoms with E-state index in [-0.39, 0.29) is 42.5 Å². The average molecular weight is 624 g/mol. The van der Waals surface area contributed by atoms with Crippen molar-refractivity contribution in [2.75, 3.05) is 36.8 Å². The van der Waals surface area contributed by atoms with E-state index >= 15 is 0 Å². The number of aromatic nitrogens is 3. The summed E-state index contributed by atoms with van der Waals surface area (Å²) in [6.07, 6.45) is 10.4. The van der Waals surface area contributed by atoms with Crippen LogP contribution in [-0.4, -0.2) is 63.6 Å². The van der Waals surface area contributed by atoms with Crippen LogP contribution in [0.1, 0.15) is 49.9 Å². The first kappa shape index (κ1) is 32.1. The van der Waals surface area contributed by atoms with Crippen LogP contribution in [0.25, 0.3) is 5.82 Å². The third-order valence-electron chi connectivity index (χ3n) is 8.30. The maximum Gasteiger partial charge on any atom is 0.394 e. The molecule has 2 unspecified atom stereocenters. The molecule has 4 rings (SSSR count). The zero-order chi connectivity index (χ0) is 30.9. The number of hydrogen-bond acceptors (Lipinski definition) is 6. The molecule has 1 saturated heterocycles. The minimum absolute atomic E-state index is 0.0721. The Kier molecular flexibility index (Phi) is 9.18. The lowest BCUT2D eigenvalue weighted by Gasteiger charge is -2.50. The monoisotopic (exact) mass is 623 g/mol. The molecule has 230 valence electrons. The number of halogens is 3. The van der Waals surface area contributed by atoms with Gasteiger partial charge in [0.05, 0.1) is 22.5 Å². The van der Waals surface area contributed by atoms with Gasteiger partial charge in [-0.1, -0.05) is 32.2 Å². The van der Waals surface area contributed by atoms with Gasteiger partial charge >= 0.3 is 6.18 Å². The molecule has 42 heavy (non-hydrogen) atoms. The first-order valence-corrected chi connectivity index (χ1v) is 17.5. The Morgan fingerprint density at radius 3 is 2.57 bits per heavy atom. The highest BCUT2D eigenvalue weighted by Gasteiger charge is 2.62. The number of allylic oxidation sites excluding steroid dienone is 3. The highest BCUT2D eigenvalue weighted by molar-refractivity contribution is 8.33. The Morgan fingerprint density at radius 1 is 1.26 bits per heavy atom. The Balaban J connectivity index is 1.63. The van der Waals surface area contributed by atoms with E-state index in [1.54, 1.807) is 42.6 Å². The van der Waals surface area contributed by atoms with Crippen LogP contribution in [0.15, 0.2) is 60.7 Å². The number of pyridine rings is 1. The molecule has 1 aliphatic heterocycles. The highest BCUT2D eigenvalue weighted by atomic mass is 32.3. The van der Waals surface area contributed by atoms with Gasteiger partial charge in [-0.05, 0) is 87.4 Å². The van der Waals surface area contributed by atoms with Gasteiger partial charge in [-0.2, -0.15) is 13.2 Å². The van der Waals surface area contributed by atoms with Crippen LogP contribution < -0.4 is 14.4 Å². The van der Waals surface area contributed by atoms with Gasteiger partial charge in [0, 0.05) is 23.7 Å². The molecule has 2 aromatic rings. The van der Waals surface area contributed by atoms with E-state index in [1.807, 2.05) is 0 Å². The molecule has 2 fully saturated rings. The topological polar surface area (TPSA) is 72.3 Å². The van der Waals surface area contributed by atoms with Crippen molar-refractivity contribution in [3.05, 3.63) is 66.3 Å². The summed E-state index contributed by atoms with van der Waals surface area (Å²) in [5, 5.41) is 4.42. The predicted octanol–water partition coefficient (Wildman–Crippen LogP) is 7.27. The summed E-state index contributed by atoms with van der Waals surface area (Å²) in [5.41, 5.74) is -1.19. The molecule has 12 heteroatoms. The number of hydrogen-bond donors (Lipinski definition) is 1. The second kappa shape index (κ2) is 12.0. The molecule has 0 radical (unpaired) electrons. The fourth-order valence-corrected chi connectivity index (χ4v) is 7.45. The van der Waals surface area contributed by atoms with Gasteiger partial charge in [-0.3, -0.25) is 9.52 Å². The highest BCUT2D eigenvalue weighted by Crippen LogP contribution is 2.60. The van der Waals surface area contributed by atoms with Gasteiger partial charge in [0.25, 0.3) is 5.91 Å². The van der Waals surface area contributed by atoms with Crippen LogP contribution in [0, 0.1) is 11.3 Å². The number of ether oxygens (including phenoxy) is 1. The second-order valence-electron chi connectivity index (χ2n) is 12.0. The molecule has 1 aliphatic carbocycles. The van der Waals surface area contributed by atoms with Crippen molar-refractivity contribution in [3.8, 4) is 11.7 Å². The SMILES string of the molecule is C=C/C=C(\C=C)SNC(=O)c1ccc(-n2ccc(OCCC3(C(F)(F)F)CC3)n2)nc1N1CC(C)CC1(C)S(C)(C)C. The molecule has 3 heterocycles. The molecular weight excluding hydrogens is 583 g/mol. The second-order valence-corrected chi connectivity index (χ2v) is 17.4. The van der Waals surface area contributed by atoms with Crippen molar-refractivity contribution in [1.82, 2.24) is 19.5 Å². The van der Waals surface area contributed by atoms with Gasteiger partial charge in [0.1, 0.15) is 5.82 Å². The van der Waals surface area contributed by atoms with Crippen LogP contribution in [0.2, 0.25) is 0 Å². The zero-order valence-corrected chi connectivity index (χ0v) is 26.5. The molecule has 2 aliphatic rings. The maximum absolute atomic E-state index is 13.5. The van der Waals surface area contributed by atoms with Gasteiger partial charge < -0.3 is 9.64 Å². The Hall–Kier alpha value is -2.86. The molecule has 1 amide bonds. The van der Waals surface area contributed by atoms with Crippen molar-refractivity contribution in [1.29, 1.82) is 0 Å². The Labute approximate surface area is 252 Å². The first-order valence-electron chi connectivity index (χ1n) is 13.8. The molecule has 0 spiro atoms. The van der Waals surface area contributed by atoms with Crippen molar-refractivity contribution >= 4 is 33.7 Å². The summed E-state index contributed by atoms with van der Waals surface area (Å²) in [5.74, 6) is 1.37. The van der Waals surface area contributed by atoms with E-state index in [4.69, 9.17) is 9.72 Å². The van der Waals surface area contributed by atoms with E-state index in [1.165, 1.54) is 4.68 Å². The zero-order valence-electron chi connectivity index (χ0n) is 24.8. The molecule has 2 aromatic heterocycles. The summed E-state index contributed by atoms with van der Waals surface area (Å²) >= 11 is 1.15. The number of nitrogens with one attached hydrogen (secondary N) is 1. The molecule has 0 aromatic carbocycles. The molecule has 0 bridgehead atoms. The Bertz CT molecular complexity index is 1360. The van der Waals surface area contributed by atoms with Crippen LogP contribution in [0.5, 0.6) is 5.88 Å². The number of amides is 1. The van der Waals surface area contributed by atoms with Gasteiger partial charge in [-0.15, -0.1) is 5.10 Å². The fraction of sp³-hybridized carbons (Fsp3) is 0.500. The van der Waals surface area contributed by atoms with Crippen molar-refractivity contribution in [3.63, 3.8) is 0 Å². The number of alkyl halides is 3. The summed E-state index contributed by atoms with van der Waals surface area (Å²) in [7, 11) is -1.12. The van der Waals surface area contributed by atoms with Gasteiger partial charge in [0.15, 0.2) is 5.82 Å². The first-order chi connectivity index (χ1) is 19.6. The van der Waals surface area contributed by atoms with Crippen molar-refractivity contribution < 1.29 is 22.7 Å². The number of carbonyl (C=O) groups excluding carboxylic acids is 1. The predicted molar refractivity (Wildman–Crippen MR) is 168 cm³/mol. The number of rotatable bonds is 12. The summed E-state index contributed by atoms with van der Waals surface area (Å²) < 4.78 is 49.8. The van der Waals surface area contributed by atoms with E-state index in [0.717, 1.165) is 29.8 Å². The van der Waals surface area contributed by atoms with Crippen LogP contribution in [0.4, 0.5) is 19.0 Å². The van der Waals surface area contributed by atoms with Gasteiger partial charge in [-0.25, -0.2) is 19.7 Å². The molecule has 2 atom stereocenters. The van der Waals surface area contributed by atoms with E-state index in [2.05, 4.69) is 60.5 Å². The molecule has 1 N–H and O–H groups in total. The summed E-state index contributed by atoms with van der Waals surface area (Å²) in [4.78, 5) is 21.3.